The van der Waals surface area contributed by atoms with Gasteiger partial charge in [0.15, 0.2) is 0 Å². The Morgan fingerprint density at radius 1 is 0.914 bits per heavy atom. The Kier molecular flexibility index (Phi) is 6.84. The third-order valence-electron chi connectivity index (χ3n) is 6.57. The molecule has 0 unspecified atom stereocenters. The molecule has 0 aliphatic carbocycles. The summed E-state index contributed by atoms with van der Waals surface area (Å²) in [5.41, 5.74) is 3.72. The number of hydrogen-bond donors (Lipinski definition) is 1. The number of pyridine rings is 1. The molecule has 0 saturated carbocycles. The molecular formula is C26H26Cl2N4O3. The fourth-order valence-electron chi connectivity index (χ4n) is 4.64. The van der Waals surface area contributed by atoms with E-state index in [0.717, 1.165) is 44.0 Å². The second-order valence-corrected chi connectivity index (χ2v) is 9.68. The van der Waals surface area contributed by atoms with Gasteiger partial charge in [-0.1, -0.05) is 47.5 Å². The second-order valence-electron chi connectivity index (χ2n) is 8.84. The van der Waals surface area contributed by atoms with E-state index in [9.17, 15) is 9.59 Å². The van der Waals surface area contributed by atoms with Crippen LogP contribution in [0.5, 0.6) is 0 Å². The molecule has 0 radical (unpaired) electrons. The zero-order chi connectivity index (χ0) is 24.5. The van der Waals surface area contributed by atoms with Crippen molar-refractivity contribution in [3.05, 3.63) is 102 Å². The first-order valence-electron chi connectivity index (χ1n) is 11.5. The molecule has 5 rings (SSSR count). The van der Waals surface area contributed by atoms with E-state index in [-0.39, 0.29) is 17.7 Å². The van der Waals surface area contributed by atoms with Crippen LogP contribution in [0.3, 0.4) is 0 Å². The van der Waals surface area contributed by atoms with Gasteiger partial charge in [-0.2, -0.15) is 0 Å². The van der Waals surface area contributed by atoms with Gasteiger partial charge in [0.25, 0.3) is 11.1 Å². The van der Waals surface area contributed by atoms with Crippen LogP contribution >= 0.6 is 23.2 Å². The Hall–Kier alpha value is -2.84. The predicted molar refractivity (Wildman–Crippen MR) is 139 cm³/mol. The number of hydrogen-bond acceptors (Lipinski definition) is 4. The van der Waals surface area contributed by atoms with Crippen molar-refractivity contribution < 1.29 is 4.74 Å². The smallest absolute Gasteiger partial charge is 0.276 e. The molecule has 1 fully saturated rings. The molecule has 1 aliphatic heterocycles. The van der Waals surface area contributed by atoms with Gasteiger partial charge in [-0.3, -0.25) is 19.6 Å². The van der Waals surface area contributed by atoms with Crippen molar-refractivity contribution in [1.82, 2.24) is 19.2 Å². The number of halogens is 2. The van der Waals surface area contributed by atoms with Crippen LogP contribution in [0.1, 0.15) is 22.4 Å². The first-order valence-corrected chi connectivity index (χ1v) is 12.3. The Balaban J connectivity index is 1.49. The first-order chi connectivity index (χ1) is 16.9. The van der Waals surface area contributed by atoms with Crippen molar-refractivity contribution in [2.45, 2.75) is 26.6 Å². The molecule has 0 amide bonds. The van der Waals surface area contributed by atoms with Crippen molar-refractivity contribution >= 4 is 34.1 Å². The molecular weight excluding hydrogens is 487 g/mol. The van der Waals surface area contributed by atoms with E-state index >= 15 is 0 Å². The zero-order valence-electron chi connectivity index (χ0n) is 19.4. The van der Waals surface area contributed by atoms with Crippen LogP contribution in [-0.2, 0) is 24.4 Å². The lowest BCUT2D eigenvalue weighted by Gasteiger charge is -2.27. The SMILES string of the molecule is Cc1c2c(=O)n(Cc3cc(Cl)ccc3Cl)[nH]c2cc(=O)n1Cc1ccccc1CN1CCOCC1. The van der Waals surface area contributed by atoms with E-state index in [1.807, 2.05) is 25.1 Å². The number of nitrogens with zero attached hydrogens (tertiary/aromatic N) is 3. The molecule has 2 aromatic heterocycles. The summed E-state index contributed by atoms with van der Waals surface area (Å²) in [6.07, 6.45) is 0. The summed E-state index contributed by atoms with van der Waals surface area (Å²) in [7, 11) is 0. The van der Waals surface area contributed by atoms with Gasteiger partial charge in [-0.15, -0.1) is 0 Å². The number of aryl methyl sites for hydroxylation is 1. The number of fused-ring (bicyclic) bond motifs is 1. The molecule has 3 heterocycles. The summed E-state index contributed by atoms with van der Waals surface area (Å²) in [4.78, 5) is 28.8. The van der Waals surface area contributed by atoms with Crippen LogP contribution in [0, 0.1) is 6.92 Å². The molecule has 0 atom stereocenters. The summed E-state index contributed by atoms with van der Waals surface area (Å²) in [6, 6.07) is 14.8. The standard InChI is InChI=1S/C26H26Cl2N4O3/c1-17-25-23(29-32(26(25)34)16-20-12-21(27)6-7-22(20)28)13-24(33)31(17)15-19-5-3-2-4-18(19)14-30-8-10-35-11-9-30/h2-7,12-13,29H,8-11,14-16H2,1H3. The summed E-state index contributed by atoms with van der Waals surface area (Å²) in [5.74, 6) is 0. The number of ether oxygens (including phenoxy) is 1. The molecule has 1 saturated heterocycles. The van der Waals surface area contributed by atoms with Gasteiger partial charge in [0.05, 0.1) is 37.2 Å². The number of morpholine rings is 1. The molecule has 35 heavy (non-hydrogen) atoms. The third kappa shape index (κ3) is 4.95. The van der Waals surface area contributed by atoms with Crippen LogP contribution in [-0.4, -0.2) is 45.6 Å². The summed E-state index contributed by atoms with van der Waals surface area (Å²) in [6.45, 7) is 6.48. The number of aromatic nitrogens is 3. The van der Waals surface area contributed by atoms with Crippen LogP contribution in [0.2, 0.25) is 10.0 Å². The van der Waals surface area contributed by atoms with E-state index in [1.54, 1.807) is 22.8 Å². The molecule has 0 bridgehead atoms. The monoisotopic (exact) mass is 512 g/mol. The Morgan fingerprint density at radius 2 is 1.63 bits per heavy atom. The molecule has 0 spiro atoms. The van der Waals surface area contributed by atoms with E-state index in [4.69, 9.17) is 27.9 Å². The lowest BCUT2D eigenvalue weighted by molar-refractivity contribution is 0.0340. The van der Waals surface area contributed by atoms with Crippen LogP contribution in [0.25, 0.3) is 10.9 Å². The minimum absolute atomic E-state index is 0.162. The zero-order valence-corrected chi connectivity index (χ0v) is 20.9. The summed E-state index contributed by atoms with van der Waals surface area (Å²) >= 11 is 12.4. The van der Waals surface area contributed by atoms with Crippen molar-refractivity contribution in [2.24, 2.45) is 0 Å². The second kappa shape index (κ2) is 10.0. The van der Waals surface area contributed by atoms with Crippen molar-refractivity contribution in [3.63, 3.8) is 0 Å². The van der Waals surface area contributed by atoms with Crippen molar-refractivity contribution in [1.29, 1.82) is 0 Å². The molecule has 2 aromatic carbocycles. The van der Waals surface area contributed by atoms with Gasteiger partial charge in [0.1, 0.15) is 0 Å². The maximum Gasteiger partial charge on any atom is 0.276 e. The highest BCUT2D eigenvalue weighted by atomic mass is 35.5. The van der Waals surface area contributed by atoms with Crippen LogP contribution in [0.4, 0.5) is 0 Å². The van der Waals surface area contributed by atoms with Gasteiger partial charge < -0.3 is 9.30 Å². The summed E-state index contributed by atoms with van der Waals surface area (Å²) < 4.78 is 8.60. The van der Waals surface area contributed by atoms with Crippen molar-refractivity contribution in [3.8, 4) is 0 Å². The first kappa shape index (κ1) is 23.9. The fourth-order valence-corrected chi connectivity index (χ4v) is 5.01. The summed E-state index contributed by atoms with van der Waals surface area (Å²) in [5, 5.41) is 4.63. The number of aromatic amines is 1. The normalized spacial score (nSPS) is 14.6. The molecule has 4 aromatic rings. The largest absolute Gasteiger partial charge is 0.379 e. The minimum Gasteiger partial charge on any atom is -0.379 e. The van der Waals surface area contributed by atoms with Crippen molar-refractivity contribution in [2.75, 3.05) is 26.3 Å². The number of H-pyrrole nitrogens is 1. The van der Waals surface area contributed by atoms with E-state index in [1.165, 1.54) is 16.3 Å². The number of nitrogens with one attached hydrogen (secondary N) is 1. The highest BCUT2D eigenvalue weighted by Crippen LogP contribution is 2.22. The molecule has 182 valence electrons. The highest BCUT2D eigenvalue weighted by Gasteiger charge is 2.17. The van der Waals surface area contributed by atoms with Gasteiger partial charge in [0, 0.05) is 41.4 Å². The Morgan fingerprint density at radius 3 is 2.37 bits per heavy atom. The number of benzene rings is 2. The lowest BCUT2D eigenvalue weighted by Crippen LogP contribution is -2.36. The average molecular weight is 513 g/mol. The minimum atomic E-state index is -0.205. The van der Waals surface area contributed by atoms with E-state index in [0.29, 0.717) is 33.2 Å². The van der Waals surface area contributed by atoms with Crippen LogP contribution in [0.15, 0.2) is 58.1 Å². The third-order valence-corrected chi connectivity index (χ3v) is 7.17. The maximum atomic E-state index is 13.3. The molecule has 7 nitrogen and oxygen atoms in total. The van der Waals surface area contributed by atoms with Gasteiger partial charge in [-0.05, 0) is 41.8 Å². The van der Waals surface area contributed by atoms with Crippen LogP contribution < -0.4 is 11.1 Å². The fraction of sp³-hybridized carbons (Fsp3) is 0.308. The predicted octanol–water partition coefficient (Wildman–Crippen LogP) is 4.04. The van der Waals surface area contributed by atoms with Gasteiger partial charge in [0.2, 0.25) is 0 Å². The number of rotatable bonds is 6. The highest BCUT2D eigenvalue weighted by molar-refractivity contribution is 6.33. The van der Waals surface area contributed by atoms with Gasteiger partial charge >= 0.3 is 0 Å². The Labute approximate surface area is 212 Å². The molecule has 1 N–H and O–H groups in total. The van der Waals surface area contributed by atoms with E-state index < -0.39 is 0 Å². The molecule has 1 aliphatic rings. The Bertz CT molecular complexity index is 1500. The average Bonchev–Trinajstić information content (AvgIpc) is 3.15. The molecule has 9 heteroatoms. The van der Waals surface area contributed by atoms with E-state index in [2.05, 4.69) is 16.1 Å². The maximum absolute atomic E-state index is 13.3. The lowest BCUT2D eigenvalue weighted by atomic mass is 10.1. The topological polar surface area (TPSA) is 72.3 Å². The van der Waals surface area contributed by atoms with Gasteiger partial charge in [-0.25, -0.2) is 4.68 Å². The quantitative estimate of drug-likeness (QED) is 0.423.